The normalized spacial score (nSPS) is 15.0. The molecule has 3 heterocycles. The highest BCUT2D eigenvalue weighted by Gasteiger charge is 2.14. The van der Waals surface area contributed by atoms with E-state index in [9.17, 15) is 4.79 Å². The lowest BCUT2D eigenvalue weighted by Gasteiger charge is -2.26. The van der Waals surface area contributed by atoms with E-state index in [4.69, 9.17) is 9.15 Å². The van der Waals surface area contributed by atoms with Crippen LogP contribution < -0.4 is 10.2 Å². The second kappa shape index (κ2) is 6.36. The third-order valence-electron chi connectivity index (χ3n) is 3.20. The van der Waals surface area contributed by atoms with Crippen molar-refractivity contribution in [2.24, 2.45) is 0 Å². The zero-order valence-electron chi connectivity index (χ0n) is 11.5. The van der Waals surface area contributed by atoms with E-state index in [1.165, 1.54) is 12.4 Å². The standard InChI is InChI=1S/C14H16N4O3/c19-13(15-10-12-2-1-5-21-12)11-8-16-14(17-9-11)18-3-6-20-7-4-18/h1-2,5,8-9H,3-4,6-7,10H2,(H,15,19). The number of rotatable bonds is 4. The largest absolute Gasteiger partial charge is 0.467 e. The molecule has 0 aliphatic carbocycles. The number of carbonyl (C=O) groups excluding carboxylic acids is 1. The minimum absolute atomic E-state index is 0.222. The molecule has 7 nitrogen and oxygen atoms in total. The number of amides is 1. The fourth-order valence-corrected chi connectivity index (χ4v) is 2.05. The van der Waals surface area contributed by atoms with Crippen LogP contribution in [0.15, 0.2) is 35.2 Å². The molecular formula is C14H16N4O3. The number of anilines is 1. The summed E-state index contributed by atoms with van der Waals surface area (Å²) in [5.74, 6) is 1.11. The summed E-state index contributed by atoms with van der Waals surface area (Å²) >= 11 is 0. The number of morpholine rings is 1. The minimum atomic E-state index is -0.222. The van der Waals surface area contributed by atoms with Gasteiger partial charge < -0.3 is 19.4 Å². The first-order valence-electron chi connectivity index (χ1n) is 6.78. The molecule has 0 spiro atoms. The van der Waals surface area contributed by atoms with Crippen LogP contribution in [0, 0.1) is 0 Å². The van der Waals surface area contributed by atoms with Gasteiger partial charge in [-0.1, -0.05) is 0 Å². The highest BCUT2D eigenvalue weighted by molar-refractivity contribution is 5.93. The van der Waals surface area contributed by atoms with Crippen molar-refractivity contribution in [2.45, 2.75) is 6.54 Å². The van der Waals surface area contributed by atoms with Gasteiger partial charge in [-0.2, -0.15) is 0 Å². The van der Waals surface area contributed by atoms with Crippen LogP contribution in [0.5, 0.6) is 0 Å². The summed E-state index contributed by atoms with van der Waals surface area (Å²) in [7, 11) is 0. The SMILES string of the molecule is O=C(NCc1ccco1)c1cnc(N2CCOCC2)nc1. The van der Waals surface area contributed by atoms with Crippen LogP contribution in [-0.2, 0) is 11.3 Å². The van der Waals surface area contributed by atoms with Crippen LogP contribution in [0.1, 0.15) is 16.1 Å². The number of hydrogen-bond donors (Lipinski definition) is 1. The second-order valence-corrected chi connectivity index (χ2v) is 4.63. The molecule has 2 aromatic rings. The monoisotopic (exact) mass is 288 g/mol. The summed E-state index contributed by atoms with van der Waals surface area (Å²) < 4.78 is 10.4. The van der Waals surface area contributed by atoms with Gasteiger partial charge in [0.1, 0.15) is 5.76 Å². The van der Waals surface area contributed by atoms with E-state index < -0.39 is 0 Å². The number of nitrogens with one attached hydrogen (secondary N) is 1. The Hall–Kier alpha value is -2.41. The van der Waals surface area contributed by atoms with Gasteiger partial charge in [0, 0.05) is 25.5 Å². The van der Waals surface area contributed by atoms with Gasteiger partial charge in [-0.15, -0.1) is 0 Å². The molecule has 1 amide bonds. The Labute approximate surface area is 121 Å². The van der Waals surface area contributed by atoms with Crippen LogP contribution in [0.4, 0.5) is 5.95 Å². The van der Waals surface area contributed by atoms with Crippen molar-refractivity contribution in [3.63, 3.8) is 0 Å². The Morgan fingerprint density at radius 2 is 2.05 bits per heavy atom. The predicted octanol–water partition coefficient (Wildman–Crippen LogP) is 0.836. The molecule has 0 atom stereocenters. The molecule has 0 saturated carbocycles. The Balaban J connectivity index is 1.59. The van der Waals surface area contributed by atoms with Crippen LogP contribution in [0.2, 0.25) is 0 Å². The van der Waals surface area contributed by atoms with Gasteiger partial charge in [0.25, 0.3) is 5.91 Å². The third kappa shape index (κ3) is 3.38. The van der Waals surface area contributed by atoms with E-state index in [1.54, 1.807) is 18.4 Å². The third-order valence-corrected chi connectivity index (χ3v) is 3.20. The quantitative estimate of drug-likeness (QED) is 0.898. The van der Waals surface area contributed by atoms with Gasteiger partial charge in [-0.3, -0.25) is 4.79 Å². The number of hydrogen-bond acceptors (Lipinski definition) is 6. The summed E-state index contributed by atoms with van der Waals surface area (Å²) in [6.45, 7) is 3.23. The number of furan rings is 1. The average molecular weight is 288 g/mol. The van der Waals surface area contributed by atoms with Gasteiger partial charge in [0.05, 0.1) is 31.6 Å². The smallest absolute Gasteiger partial charge is 0.254 e. The zero-order valence-corrected chi connectivity index (χ0v) is 11.5. The zero-order chi connectivity index (χ0) is 14.5. The van der Waals surface area contributed by atoms with E-state index in [0.717, 1.165) is 13.1 Å². The van der Waals surface area contributed by atoms with Gasteiger partial charge in [-0.05, 0) is 12.1 Å². The molecule has 21 heavy (non-hydrogen) atoms. The molecular weight excluding hydrogens is 272 g/mol. The molecule has 1 aliphatic rings. The van der Waals surface area contributed by atoms with Gasteiger partial charge in [-0.25, -0.2) is 9.97 Å². The summed E-state index contributed by atoms with van der Waals surface area (Å²) in [6.07, 6.45) is 4.65. The number of nitrogens with zero attached hydrogens (tertiary/aromatic N) is 3. The lowest BCUT2D eigenvalue weighted by Crippen LogP contribution is -2.37. The maximum absolute atomic E-state index is 12.0. The number of carbonyl (C=O) groups is 1. The molecule has 0 radical (unpaired) electrons. The molecule has 1 aliphatic heterocycles. The fourth-order valence-electron chi connectivity index (χ4n) is 2.05. The molecule has 0 bridgehead atoms. The summed E-state index contributed by atoms with van der Waals surface area (Å²) in [4.78, 5) is 22.5. The van der Waals surface area contributed by atoms with E-state index in [0.29, 0.717) is 37.0 Å². The van der Waals surface area contributed by atoms with Gasteiger partial charge in [0.2, 0.25) is 5.95 Å². The van der Waals surface area contributed by atoms with E-state index in [1.807, 2.05) is 4.90 Å². The van der Waals surface area contributed by atoms with Crippen molar-refractivity contribution in [3.8, 4) is 0 Å². The predicted molar refractivity (Wildman–Crippen MR) is 74.9 cm³/mol. The van der Waals surface area contributed by atoms with Crippen molar-refractivity contribution in [2.75, 3.05) is 31.2 Å². The first-order valence-corrected chi connectivity index (χ1v) is 6.78. The van der Waals surface area contributed by atoms with E-state index >= 15 is 0 Å². The van der Waals surface area contributed by atoms with Crippen molar-refractivity contribution in [1.29, 1.82) is 0 Å². The van der Waals surface area contributed by atoms with Gasteiger partial charge >= 0.3 is 0 Å². The van der Waals surface area contributed by atoms with E-state index in [2.05, 4.69) is 15.3 Å². The molecule has 110 valence electrons. The number of aromatic nitrogens is 2. The Morgan fingerprint density at radius 3 is 2.71 bits per heavy atom. The molecule has 7 heteroatoms. The Kier molecular flexibility index (Phi) is 4.11. The Morgan fingerprint density at radius 1 is 1.29 bits per heavy atom. The summed E-state index contributed by atoms with van der Waals surface area (Å²) in [6, 6.07) is 3.58. The van der Waals surface area contributed by atoms with E-state index in [-0.39, 0.29) is 5.91 Å². The maximum Gasteiger partial charge on any atom is 0.254 e. The van der Waals surface area contributed by atoms with Crippen LogP contribution in [0.25, 0.3) is 0 Å². The average Bonchev–Trinajstić information content (AvgIpc) is 3.07. The highest BCUT2D eigenvalue weighted by atomic mass is 16.5. The molecule has 0 unspecified atom stereocenters. The Bertz CT molecular complexity index is 577. The van der Waals surface area contributed by atoms with Crippen molar-refractivity contribution in [1.82, 2.24) is 15.3 Å². The van der Waals surface area contributed by atoms with Crippen LogP contribution >= 0.6 is 0 Å². The summed E-state index contributed by atoms with van der Waals surface area (Å²) in [5, 5.41) is 2.75. The summed E-state index contributed by atoms with van der Waals surface area (Å²) in [5.41, 5.74) is 0.429. The first-order chi connectivity index (χ1) is 10.3. The lowest BCUT2D eigenvalue weighted by atomic mass is 10.3. The molecule has 1 fully saturated rings. The van der Waals surface area contributed by atoms with Gasteiger partial charge in [0.15, 0.2) is 0 Å². The minimum Gasteiger partial charge on any atom is -0.467 e. The van der Waals surface area contributed by atoms with Crippen molar-refractivity contribution < 1.29 is 13.9 Å². The maximum atomic E-state index is 12.0. The first kappa shape index (κ1) is 13.6. The molecule has 0 aromatic carbocycles. The topological polar surface area (TPSA) is 80.5 Å². The fraction of sp³-hybridized carbons (Fsp3) is 0.357. The van der Waals surface area contributed by atoms with Crippen LogP contribution in [0.3, 0.4) is 0 Å². The second-order valence-electron chi connectivity index (χ2n) is 4.63. The van der Waals surface area contributed by atoms with Crippen molar-refractivity contribution in [3.05, 3.63) is 42.1 Å². The van der Waals surface area contributed by atoms with Crippen LogP contribution in [-0.4, -0.2) is 42.2 Å². The molecule has 1 N–H and O–H groups in total. The number of ether oxygens (including phenoxy) is 1. The molecule has 3 rings (SSSR count). The lowest BCUT2D eigenvalue weighted by molar-refractivity contribution is 0.0947. The molecule has 1 saturated heterocycles. The highest BCUT2D eigenvalue weighted by Crippen LogP contribution is 2.09. The molecule has 2 aromatic heterocycles. The van der Waals surface area contributed by atoms with Crippen molar-refractivity contribution >= 4 is 11.9 Å².